The second-order valence-corrected chi connectivity index (χ2v) is 9.50. The molecule has 0 N–H and O–H groups in total. The number of hydrogen-bond donors (Lipinski definition) is 0. The van der Waals surface area contributed by atoms with E-state index >= 15 is 0 Å². The molecule has 1 saturated carbocycles. The van der Waals surface area contributed by atoms with E-state index in [-0.39, 0.29) is 24.5 Å². The number of fused-ring (bicyclic) bond motifs is 1. The number of nitrogens with zero attached hydrogens (tertiary/aromatic N) is 2. The second-order valence-electron chi connectivity index (χ2n) is 9.06. The van der Waals surface area contributed by atoms with E-state index < -0.39 is 12.6 Å². The van der Waals surface area contributed by atoms with Crippen molar-refractivity contribution in [1.29, 1.82) is 0 Å². The highest BCUT2D eigenvalue weighted by atomic mass is 35.5. The van der Waals surface area contributed by atoms with Gasteiger partial charge in [0.25, 0.3) is 5.91 Å². The highest BCUT2D eigenvalue weighted by molar-refractivity contribution is 6.30. The number of hydrogen-bond acceptors (Lipinski definition) is 5. The molecule has 0 saturated heterocycles. The molecule has 6 nitrogen and oxygen atoms in total. The van der Waals surface area contributed by atoms with Gasteiger partial charge in [-0.05, 0) is 66.3 Å². The Morgan fingerprint density at radius 2 is 1.65 bits per heavy atom. The van der Waals surface area contributed by atoms with E-state index in [1.807, 2.05) is 48.5 Å². The molecule has 0 spiro atoms. The van der Waals surface area contributed by atoms with Crippen molar-refractivity contribution in [2.45, 2.75) is 25.3 Å². The molecule has 1 aliphatic carbocycles. The molecule has 0 bridgehead atoms. The summed E-state index contributed by atoms with van der Waals surface area (Å²) in [5.74, 6) is -0.424. The largest absolute Gasteiger partial charge is 0.482 e. The minimum absolute atomic E-state index is 0.0824. The molecule has 5 rings (SSSR count). The van der Waals surface area contributed by atoms with Crippen molar-refractivity contribution >= 4 is 35.3 Å². The zero-order valence-corrected chi connectivity index (χ0v) is 21.0. The summed E-state index contributed by atoms with van der Waals surface area (Å²) in [4.78, 5) is 25.6. The molecule has 0 radical (unpaired) electrons. The number of carbonyl (C=O) groups is 2. The van der Waals surface area contributed by atoms with Crippen molar-refractivity contribution in [3.63, 3.8) is 0 Å². The third kappa shape index (κ3) is 5.92. The number of allylic oxidation sites excluding steroid dienone is 1. The number of esters is 1. The number of ether oxygens (including phenoxy) is 2. The molecule has 3 aromatic rings. The summed E-state index contributed by atoms with van der Waals surface area (Å²) in [6, 6.07) is 26.5. The number of amides is 1. The third-order valence-electron chi connectivity index (χ3n) is 6.57. The topological polar surface area (TPSA) is 68.2 Å². The van der Waals surface area contributed by atoms with Crippen molar-refractivity contribution in [1.82, 2.24) is 5.01 Å². The van der Waals surface area contributed by atoms with E-state index in [0.29, 0.717) is 10.8 Å². The van der Waals surface area contributed by atoms with Crippen LogP contribution in [-0.4, -0.2) is 35.8 Å². The lowest BCUT2D eigenvalue weighted by Gasteiger charge is -2.29. The molecule has 1 amide bonds. The van der Waals surface area contributed by atoms with Crippen LogP contribution >= 0.6 is 11.6 Å². The fourth-order valence-electron chi connectivity index (χ4n) is 4.86. The average Bonchev–Trinajstić information content (AvgIpc) is 3.33. The van der Waals surface area contributed by atoms with E-state index in [2.05, 4.69) is 18.2 Å². The fourth-order valence-corrected chi connectivity index (χ4v) is 4.99. The highest BCUT2D eigenvalue weighted by Crippen LogP contribution is 2.44. The molecule has 1 aliphatic heterocycles. The summed E-state index contributed by atoms with van der Waals surface area (Å²) >= 11 is 5.87. The first kappa shape index (κ1) is 24.8. The first-order valence-corrected chi connectivity index (χ1v) is 12.7. The molecule has 2 atom stereocenters. The molecular weight excluding hydrogens is 488 g/mol. The van der Waals surface area contributed by atoms with Crippen LogP contribution in [0, 0.1) is 5.92 Å². The number of rotatable bonds is 7. The van der Waals surface area contributed by atoms with Crippen LogP contribution in [0.2, 0.25) is 5.02 Å². The van der Waals surface area contributed by atoms with Gasteiger partial charge in [-0.25, -0.2) is 9.80 Å². The number of carbonyl (C=O) groups excluding carboxylic acids is 2. The lowest BCUT2D eigenvalue weighted by molar-refractivity contribution is -0.154. The summed E-state index contributed by atoms with van der Waals surface area (Å²) < 4.78 is 10.7. The monoisotopic (exact) mass is 514 g/mol. The van der Waals surface area contributed by atoms with Gasteiger partial charge in [0.1, 0.15) is 5.75 Å². The van der Waals surface area contributed by atoms with Gasteiger partial charge in [-0.1, -0.05) is 72.3 Å². The van der Waals surface area contributed by atoms with Crippen LogP contribution in [-0.2, 0) is 14.3 Å². The van der Waals surface area contributed by atoms with Gasteiger partial charge in [0, 0.05) is 10.9 Å². The first-order valence-electron chi connectivity index (χ1n) is 12.3. The van der Waals surface area contributed by atoms with Crippen LogP contribution in [0.4, 0.5) is 0 Å². The summed E-state index contributed by atoms with van der Waals surface area (Å²) in [6.07, 6.45) is 5.02. The van der Waals surface area contributed by atoms with Crippen LogP contribution in [0.5, 0.6) is 5.75 Å². The smallest absolute Gasteiger partial charge is 0.344 e. The quantitative estimate of drug-likeness (QED) is 0.358. The lowest BCUT2D eigenvalue weighted by Crippen LogP contribution is -2.35. The Labute approximate surface area is 221 Å². The van der Waals surface area contributed by atoms with Crippen LogP contribution in [0.25, 0.3) is 6.08 Å². The summed E-state index contributed by atoms with van der Waals surface area (Å²) in [7, 11) is 0. The number of hydrazone groups is 1. The van der Waals surface area contributed by atoms with Crippen LogP contribution < -0.4 is 4.74 Å². The van der Waals surface area contributed by atoms with Crippen molar-refractivity contribution in [2.24, 2.45) is 11.0 Å². The van der Waals surface area contributed by atoms with Crippen LogP contribution in [0.1, 0.15) is 36.4 Å². The van der Waals surface area contributed by atoms with Gasteiger partial charge in [-0.15, -0.1) is 0 Å². The number of benzene rings is 3. The molecule has 0 aromatic heterocycles. The molecule has 1 fully saturated rings. The molecule has 7 heteroatoms. The van der Waals surface area contributed by atoms with E-state index in [1.165, 1.54) is 5.01 Å². The van der Waals surface area contributed by atoms with Gasteiger partial charge in [-0.2, -0.15) is 5.10 Å². The summed E-state index contributed by atoms with van der Waals surface area (Å²) in [5.41, 5.74) is 4.20. The Morgan fingerprint density at radius 3 is 2.38 bits per heavy atom. The lowest BCUT2D eigenvalue weighted by atomic mass is 9.77. The van der Waals surface area contributed by atoms with Gasteiger partial charge < -0.3 is 9.47 Å². The second kappa shape index (κ2) is 11.4. The van der Waals surface area contributed by atoms with Crippen molar-refractivity contribution in [3.05, 3.63) is 107 Å². The van der Waals surface area contributed by atoms with Gasteiger partial charge in [-0.3, -0.25) is 4.79 Å². The van der Waals surface area contributed by atoms with E-state index in [4.69, 9.17) is 26.2 Å². The molecule has 3 aromatic carbocycles. The SMILES string of the molecule is O=C(COc1ccc(Cl)cc1)OCC(=O)N1N=C2C(=Cc3ccccc3)CCCC2C1c1ccccc1. The standard InChI is InChI=1S/C30H27ClN2O4/c31-24-14-16-25(17-15-24)36-20-28(35)37-19-27(34)33-30(22-10-5-2-6-11-22)26-13-7-12-23(29(26)32-33)18-21-8-3-1-4-9-21/h1-6,8-11,14-18,26,30H,7,12-13,19-20H2. The van der Waals surface area contributed by atoms with Crippen molar-refractivity contribution in [3.8, 4) is 5.75 Å². The summed E-state index contributed by atoms with van der Waals surface area (Å²) in [6.45, 7) is -0.717. The van der Waals surface area contributed by atoms with Gasteiger partial charge >= 0.3 is 5.97 Å². The Bertz CT molecular complexity index is 1310. The maximum atomic E-state index is 13.3. The first-order chi connectivity index (χ1) is 18.1. The Hall–Kier alpha value is -3.90. The van der Waals surface area contributed by atoms with Crippen molar-refractivity contribution < 1.29 is 19.1 Å². The Balaban J connectivity index is 1.32. The van der Waals surface area contributed by atoms with Gasteiger partial charge in [0.05, 0.1) is 11.8 Å². The Morgan fingerprint density at radius 1 is 0.946 bits per heavy atom. The fraction of sp³-hybridized carbons (Fsp3) is 0.233. The predicted octanol–water partition coefficient (Wildman–Crippen LogP) is 6.09. The maximum absolute atomic E-state index is 13.3. The third-order valence-corrected chi connectivity index (χ3v) is 6.82. The van der Waals surface area contributed by atoms with Crippen molar-refractivity contribution in [2.75, 3.05) is 13.2 Å². The molecule has 2 unspecified atom stereocenters. The van der Waals surface area contributed by atoms with E-state index in [9.17, 15) is 9.59 Å². The van der Waals surface area contributed by atoms with Gasteiger partial charge in [0.15, 0.2) is 13.2 Å². The predicted molar refractivity (Wildman–Crippen MR) is 143 cm³/mol. The zero-order valence-electron chi connectivity index (χ0n) is 20.3. The average molecular weight is 515 g/mol. The molecule has 2 aliphatic rings. The highest BCUT2D eigenvalue weighted by Gasteiger charge is 2.43. The molecule has 37 heavy (non-hydrogen) atoms. The van der Waals surface area contributed by atoms with Gasteiger partial charge in [0.2, 0.25) is 0 Å². The summed E-state index contributed by atoms with van der Waals surface area (Å²) in [5, 5.41) is 6.90. The number of halogens is 1. The molecule has 1 heterocycles. The van der Waals surface area contributed by atoms with Crippen LogP contribution in [0.3, 0.4) is 0 Å². The maximum Gasteiger partial charge on any atom is 0.344 e. The zero-order chi connectivity index (χ0) is 25.6. The van der Waals surface area contributed by atoms with Crippen LogP contribution in [0.15, 0.2) is 95.6 Å². The normalized spacial score (nSPS) is 19.8. The van der Waals surface area contributed by atoms with E-state index in [1.54, 1.807) is 24.3 Å². The molecule has 188 valence electrons. The Kier molecular flexibility index (Phi) is 7.66. The minimum atomic E-state index is -0.631. The van der Waals surface area contributed by atoms with E-state index in [0.717, 1.165) is 41.7 Å². The minimum Gasteiger partial charge on any atom is -0.482 e. The molecular formula is C30H27ClN2O4.